The van der Waals surface area contributed by atoms with Gasteiger partial charge in [0.15, 0.2) is 0 Å². The van der Waals surface area contributed by atoms with Crippen molar-refractivity contribution in [3.8, 4) is 0 Å². The van der Waals surface area contributed by atoms with Gasteiger partial charge in [0.05, 0.1) is 5.56 Å². The van der Waals surface area contributed by atoms with E-state index in [1.165, 1.54) is 0 Å². The molecule has 0 aliphatic rings. The zero-order valence-electron chi connectivity index (χ0n) is 10.2. The van der Waals surface area contributed by atoms with E-state index in [0.717, 1.165) is 11.1 Å². The van der Waals surface area contributed by atoms with E-state index in [2.05, 4.69) is 15.9 Å². The maximum Gasteiger partial charge on any atom is 0.257 e. The number of hydrogen-bond donors (Lipinski definition) is 0. The third-order valence-electron chi connectivity index (χ3n) is 2.48. The van der Waals surface area contributed by atoms with Gasteiger partial charge in [0.1, 0.15) is 11.5 Å². The number of nitrogens with zero attached hydrogens (tertiary/aromatic N) is 1. The Hall–Kier alpha value is -0.770. The molecule has 0 unspecified atom stereocenters. The average molecular weight is 288 g/mol. The van der Waals surface area contributed by atoms with Crippen LogP contribution < -0.4 is 0 Å². The standard InChI is InChI=1S/C12H18BrNO2/c1-8(2)14(6-5-13)12(15)11-7-9(3)16-10(11)4/h7-8H,5-6H2,1-4H3. The first-order chi connectivity index (χ1) is 7.47. The van der Waals surface area contributed by atoms with Crippen molar-refractivity contribution in [2.45, 2.75) is 33.7 Å². The molecule has 1 amide bonds. The summed E-state index contributed by atoms with van der Waals surface area (Å²) < 4.78 is 5.38. The highest BCUT2D eigenvalue weighted by atomic mass is 79.9. The van der Waals surface area contributed by atoms with Gasteiger partial charge >= 0.3 is 0 Å². The summed E-state index contributed by atoms with van der Waals surface area (Å²) in [4.78, 5) is 14.1. The van der Waals surface area contributed by atoms with Crippen LogP contribution in [0.25, 0.3) is 0 Å². The predicted octanol–water partition coefficient (Wildman–Crippen LogP) is 3.14. The van der Waals surface area contributed by atoms with Gasteiger partial charge in [-0.15, -0.1) is 0 Å². The topological polar surface area (TPSA) is 33.5 Å². The molecule has 16 heavy (non-hydrogen) atoms. The van der Waals surface area contributed by atoms with E-state index in [1.54, 1.807) is 6.07 Å². The third-order valence-corrected chi connectivity index (χ3v) is 2.84. The highest BCUT2D eigenvalue weighted by Gasteiger charge is 2.21. The van der Waals surface area contributed by atoms with Gasteiger partial charge in [-0.1, -0.05) is 15.9 Å². The molecule has 0 saturated heterocycles. The highest BCUT2D eigenvalue weighted by molar-refractivity contribution is 9.09. The van der Waals surface area contributed by atoms with Crippen LogP contribution >= 0.6 is 15.9 Å². The van der Waals surface area contributed by atoms with Gasteiger partial charge in [0.25, 0.3) is 5.91 Å². The summed E-state index contributed by atoms with van der Waals surface area (Å²) in [6.07, 6.45) is 0. The molecular weight excluding hydrogens is 270 g/mol. The Morgan fingerprint density at radius 2 is 2.12 bits per heavy atom. The molecule has 0 bridgehead atoms. The van der Waals surface area contributed by atoms with Crippen LogP contribution in [-0.4, -0.2) is 28.7 Å². The molecule has 3 nitrogen and oxygen atoms in total. The van der Waals surface area contributed by atoms with E-state index in [9.17, 15) is 4.79 Å². The Bertz CT molecular complexity index is 371. The summed E-state index contributed by atoms with van der Waals surface area (Å²) in [5, 5.41) is 0.785. The second-order valence-corrected chi connectivity index (χ2v) is 4.90. The van der Waals surface area contributed by atoms with Gasteiger partial charge < -0.3 is 9.32 Å². The Morgan fingerprint density at radius 1 is 1.50 bits per heavy atom. The van der Waals surface area contributed by atoms with Crippen LogP contribution in [0.4, 0.5) is 0 Å². The van der Waals surface area contributed by atoms with Gasteiger partial charge in [-0.2, -0.15) is 0 Å². The van der Waals surface area contributed by atoms with E-state index in [0.29, 0.717) is 17.9 Å². The zero-order chi connectivity index (χ0) is 12.3. The minimum absolute atomic E-state index is 0.0452. The van der Waals surface area contributed by atoms with Gasteiger partial charge in [0, 0.05) is 17.9 Å². The lowest BCUT2D eigenvalue weighted by Gasteiger charge is -2.25. The van der Waals surface area contributed by atoms with Crippen molar-refractivity contribution in [2.24, 2.45) is 0 Å². The Balaban J connectivity index is 2.94. The molecule has 0 N–H and O–H groups in total. The third kappa shape index (κ3) is 2.88. The molecular formula is C12H18BrNO2. The summed E-state index contributed by atoms with van der Waals surface area (Å²) in [5.74, 6) is 1.52. The number of furan rings is 1. The van der Waals surface area contributed by atoms with Crippen molar-refractivity contribution < 1.29 is 9.21 Å². The zero-order valence-corrected chi connectivity index (χ0v) is 11.8. The van der Waals surface area contributed by atoms with Crippen LogP contribution in [0, 0.1) is 13.8 Å². The molecule has 1 rings (SSSR count). The van der Waals surface area contributed by atoms with Crippen LogP contribution in [-0.2, 0) is 0 Å². The van der Waals surface area contributed by atoms with Gasteiger partial charge in [0.2, 0.25) is 0 Å². The fraction of sp³-hybridized carbons (Fsp3) is 0.583. The molecule has 0 atom stereocenters. The molecule has 0 spiro atoms. The van der Waals surface area contributed by atoms with Crippen molar-refractivity contribution in [1.82, 2.24) is 4.90 Å². The fourth-order valence-electron chi connectivity index (χ4n) is 1.68. The number of halogens is 1. The number of amides is 1. The monoisotopic (exact) mass is 287 g/mol. The smallest absolute Gasteiger partial charge is 0.257 e. The minimum Gasteiger partial charge on any atom is -0.466 e. The van der Waals surface area contributed by atoms with E-state index >= 15 is 0 Å². The second kappa shape index (κ2) is 5.53. The molecule has 0 aromatic carbocycles. The SMILES string of the molecule is Cc1cc(C(=O)N(CCBr)C(C)C)c(C)o1. The molecule has 1 aromatic rings. The molecule has 0 fully saturated rings. The average Bonchev–Trinajstić information content (AvgIpc) is 2.53. The Kier molecular flexibility index (Phi) is 4.59. The fourth-order valence-corrected chi connectivity index (χ4v) is 2.07. The number of rotatable bonds is 4. The Morgan fingerprint density at radius 3 is 2.50 bits per heavy atom. The van der Waals surface area contributed by atoms with E-state index in [-0.39, 0.29) is 11.9 Å². The van der Waals surface area contributed by atoms with E-state index < -0.39 is 0 Å². The first kappa shape index (κ1) is 13.3. The molecule has 4 heteroatoms. The van der Waals surface area contributed by atoms with Crippen molar-refractivity contribution in [2.75, 3.05) is 11.9 Å². The number of carbonyl (C=O) groups excluding carboxylic acids is 1. The number of alkyl halides is 1. The lowest BCUT2D eigenvalue weighted by molar-refractivity contribution is 0.0717. The van der Waals surface area contributed by atoms with Crippen LogP contribution in [0.15, 0.2) is 10.5 Å². The van der Waals surface area contributed by atoms with Crippen molar-refractivity contribution in [3.63, 3.8) is 0 Å². The maximum atomic E-state index is 12.3. The number of carbonyl (C=O) groups is 1. The lowest BCUT2D eigenvalue weighted by Crippen LogP contribution is -2.38. The van der Waals surface area contributed by atoms with E-state index in [4.69, 9.17) is 4.42 Å². The summed E-state index contributed by atoms with van der Waals surface area (Å²) in [7, 11) is 0. The Labute approximate surface area is 105 Å². The summed E-state index contributed by atoms with van der Waals surface area (Å²) in [6, 6.07) is 2.00. The van der Waals surface area contributed by atoms with Crippen molar-refractivity contribution in [1.29, 1.82) is 0 Å². The molecule has 0 aliphatic heterocycles. The van der Waals surface area contributed by atoms with Gasteiger partial charge in [-0.25, -0.2) is 0 Å². The molecule has 1 heterocycles. The van der Waals surface area contributed by atoms with Crippen LogP contribution in [0.1, 0.15) is 35.7 Å². The quantitative estimate of drug-likeness (QED) is 0.797. The lowest BCUT2D eigenvalue weighted by atomic mass is 10.2. The summed E-state index contributed by atoms with van der Waals surface area (Å²) in [5.41, 5.74) is 0.673. The minimum atomic E-state index is 0.0452. The van der Waals surface area contributed by atoms with Crippen LogP contribution in [0.5, 0.6) is 0 Å². The van der Waals surface area contributed by atoms with E-state index in [1.807, 2.05) is 32.6 Å². The normalized spacial score (nSPS) is 10.9. The molecule has 0 aliphatic carbocycles. The molecule has 0 radical (unpaired) electrons. The van der Waals surface area contributed by atoms with Crippen LogP contribution in [0.2, 0.25) is 0 Å². The molecule has 1 aromatic heterocycles. The second-order valence-electron chi connectivity index (χ2n) is 4.11. The first-order valence-electron chi connectivity index (χ1n) is 5.41. The van der Waals surface area contributed by atoms with Crippen LogP contribution in [0.3, 0.4) is 0 Å². The largest absolute Gasteiger partial charge is 0.466 e. The number of hydrogen-bond acceptors (Lipinski definition) is 2. The number of aryl methyl sites for hydroxylation is 2. The molecule has 0 saturated carbocycles. The molecule has 90 valence electrons. The maximum absolute atomic E-state index is 12.3. The first-order valence-corrected chi connectivity index (χ1v) is 6.53. The predicted molar refractivity (Wildman–Crippen MR) is 68.1 cm³/mol. The summed E-state index contributed by atoms with van der Waals surface area (Å²) in [6.45, 7) is 8.42. The van der Waals surface area contributed by atoms with Gasteiger partial charge in [-0.05, 0) is 33.8 Å². The van der Waals surface area contributed by atoms with Crippen molar-refractivity contribution in [3.05, 3.63) is 23.2 Å². The summed E-state index contributed by atoms with van der Waals surface area (Å²) >= 11 is 3.37. The van der Waals surface area contributed by atoms with Gasteiger partial charge in [-0.3, -0.25) is 4.79 Å². The van der Waals surface area contributed by atoms with Crippen molar-refractivity contribution >= 4 is 21.8 Å². The highest BCUT2D eigenvalue weighted by Crippen LogP contribution is 2.17.